The highest BCUT2D eigenvalue weighted by molar-refractivity contribution is 4.95. The van der Waals surface area contributed by atoms with Crippen LogP contribution in [0.5, 0.6) is 0 Å². The second kappa shape index (κ2) is 5.10. The summed E-state index contributed by atoms with van der Waals surface area (Å²) in [5.41, 5.74) is -0.616. The topological polar surface area (TPSA) is 52.5 Å². The highest BCUT2D eigenvalue weighted by atomic mass is 16.3. The summed E-state index contributed by atoms with van der Waals surface area (Å²) in [5.74, 6) is 0.434. The number of aliphatic hydroxyl groups is 2. The maximum atomic E-state index is 10.2. The summed E-state index contributed by atoms with van der Waals surface area (Å²) < 4.78 is 0. The minimum atomic E-state index is -0.616. The van der Waals surface area contributed by atoms with Crippen LogP contribution in [-0.2, 0) is 0 Å². The van der Waals surface area contributed by atoms with Crippen LogP contribution in [0.4, 0.5) is 0 Å². The van der Waals surface area contributed by atoms with Gasteiger partial charge < -0.3 is 15.5 Å². The lowest BCUT2D eigenvalue weighted by Gasteiger charge is -2.29. The van der Waals surface area contributed by atoms with Crippen LogP contribution in [0.2, 0.25) is 0 Å². The molecule has 3 N–H and O–H groups in total. The summed E-state index contributed by atoms with van der Waals surface area (Å²) in [6.07, 6.45) is 3.10. The highest BCUT2D eigenvalue weighted by Gasteiger charge is 2.43. The third kappa shape index (κ3) is 3.23. The molecule has 0 aromatic carbocycles. The van der Waals surface area contributed by atoms with Gasteiger partial charge in [-0.2, -0.15) is 0 Å². The molecule has 0 aromatic rings. The molecule has 1 saturated carbocycles. The van der Waals surface area contributed by atoms with E-state index in [9.17, 15) is 10.2 Å². The Balaban J connectivity index is 2.31. The molecule has 0 amide bonds. The fraction of sp³-hybridized carbons (Fsp3) is 1.00. The lowest BCUT2D eigenvalue weighted by molar-refractivity contribution is -0.0308. The monoisotopic (exact) mass is 201 g/mol. The van der Waals surface area contributed by atoms with Crippen LogP contribution in [0.1, 0.15) is 39.5 Å². The molecular formula is C11H23NO2. The molecular weight excluding hydrogens is 178 g/mol. The molecule has 3 heteroatoms. The maximum Gasteiger partial charge on any atom is 0.0698 e. The molecule has 1 aliphatic carbocycles. The number of likely N-dealkylation sites (N-methyl/N-ethyl adjacent to an activating group) is 1. The summed E-state index contributed by atoms with van der Waals surface area (Å²) in [7, 11) is 0. The predicted octanol–water partition coefficient (Wildman–Crippen LogP) is 0.898. The van der Waals surface area contributed by atoms with Crippen LogP contribution in [0.3, 0.4) is 0 Å². The molecule has 1 fully saturated rings. The Bertz CT molecular complexity index is 171. The molecule has 14 heavy (non-hydrogen) atoms. The average Bonchev–Trinajstić information content (AvgIpc) is 2.97. The minimum absolute atomic E-state index is 0.416. The van der Waals surface area contributed by atoms with E-state index >= 15 is 0 Å². The maximum absolute atomic E-state index is 10.2. The molecule has 0 heterocycles. The van der Waals surface area contributed by atoms with E-state index in [1.807, 2.05) is 13.8 Å². The zero-order valence-corrected chi connectivity index (χ0v) is 9.29. The third-order valence-corrected chi connectivity index (χ3v) is 3.17. The average molecular weight is 201 g/mol. The summed E-state index contributed by atoms with van der Waals surface area (Å²) in [5, 5.41) is 23.0. The summed E-state index contributed by atoms with van der Waals surface area (Å²) in [6, 6.07) is 0. The molecule has 1 aliphatic rings. The normalized spacial score (nSPS) is 23.1. The van der Waals surface area contributed by atoms with Crippen molar-refractivity contribution in [3.05, 3.63) is 0 Å². The summed E-state index contributed by atoms with van der Waals surface area (Å²) >= 11 is 0. The van der Waals surface area contributed by atoms with E-state index in [2.05, 4.69) is 5.32 Å². The molecule has 0 spiro atoms. The minimum Gasteiger partial charge on any atom is -0.392 e. The van der Waals surface area contributed by atoms with Gasteiger partial charge in [0.25, 0.3) is 0 Å². The van der Waals surface area contributed by atoms with Gasteiger partial charge in [0.1, 0.15) is 0 Å². The lowest BCUT2D eigenvalue weighted by atomic mass is 9.88. The summed E-state index contributed by atoms with van der Waals surface area (Å²) in [6.45, 7) is 5.47. The van der Waals surface area contributed by atoms with Gasteiger partial charge in [-0.1, -0.05) is 13.8 Å². The van der Waals surface area contributed by atoms with Crippen LogP contribution in [0, 0.1) is 5.92 Å². The van der Waals surface area contributed by atoms with Crippen molar-refractivity contribution in [1.82, 2.24) is 5.32 Å². The first-order valence-corrected chi connectivity index (χ1v) is 5.73. The standard InChI is InChI=1S/C11H23NO2/c1-3-11(14,9-5-6-9)7-10(13)8-12-4-2/h9-10,12-14H,3-8H2,1-2H3/t10-,11-/m0/s1. The fourth-order valence-corrected chi connectivity index (χ4v) is 2.01. The Morgan fingerprint density at radius 3 is 2.50 bits per heavy atom. The number of aliphatic hydroxyl groups excluding tert-OH is 1. The van der Waals surface area contributed by atoms with Crippen molar-refractivity contribution in [1.29, 1.82) is 0 Å². The Hall–Kier alpha value is -0.120. The number of rotatable bonds is 7. The van der Waals surface area contributed by atoms with Crippen molar-refractivity contribution < 1.29 is 10.2 Å². The molecule has 0 bridgehead atoms. The van der Waals surface area contributed by atoms with Gasteiger partial charge in [-0.05, 0) is 31.7 Å². The van der Waals surface area contributed by atoms with Gasteiger partial charge in [0, 0.05) is 13.0 Å². The van der Waals surface area contributed by atoms with Crippen LogP contribution in [0.15, 0.2) is 0 Å². The first-order chi connectivity index (χ1) is 6.62. The molecule has 84 valence electrons. The van der Waals surface area contributed by atoms with E-state index in [1.54, 1.807) is 0 Å². The van der Waals surface area contributed by atoms with Gasteiger partial charge in [0.2, 0.25) is 0 Å². The Labute approximate surface area is 86.5 Å². The first kappa shape index (κ1) is 12.0. The molecule has 0 aliphatic heterocycles. The molecule has 2 atom stereocenters. The molecule has 0 aromatic heterocycles. The Morgan fingerprint density at radius 1 is 1.43 bits per heavy atom. The zero-order chi connectivity index (χ0) is 10.6. The van der Waals surface area contributed by atoms with E-state index < -0.39 is 11.7 Å². The highest BCUT2D eigenvalue weighted by Crippen LogP contribution is 2.43. The Morgan fingerprint density at radius 2 is 2.07 bits per heavy atom. The number of hydrogen-bond donors (Lipinski definition) is 3. The van der Waals surface area contributed by atoms with Crippen molar-refractivity contribution in [2.75, 3.05) is 13.1 Å². The largest absolute Gasteiger partial charge is 0.392 e. The van der Waals surface area contributed by atoms with E-state index in [0.717, 1.165) is 25.8 Å². The second-order valence-corrected chi connectivity index (χ2v) is 4.40. The zero-order valence-electron chi connectivity index (χ0n) is 9.29. The predicted molar refractivity (Wildman–Crippen MR) is 57.1 cm³/mol. The third-order valence-electron chi connectivity index (χ3n) is 3.17. The van der Waals surface area contributed by atoms with E-state index in [4.69, 9.17) is 0 Å². The second-order valence-electron chi connectivity index (χ2n) is 4.40. The van der Waals surface area contributed by atoms with Gasteiger partial charge in [-0.15, -0.1) is 0 Å². The SMILES string of the molecule is CCNC[C@@H](O)C[C@@](O)(CC)C1CC1. The van der Waals surface area contributed by atoms with E-state index in [-0.39, 0.29) is 0 Å². The van der Waals surface area contributed by atoms with Crippen molar-refractivity contribution in [3.8, 4) is 0 Å². The molecule has 3 nitrogen and oxygen atoms in total. The lowest BCUT2D eigenvalue weighted by Crippen LogP contribution is -2.39. The van der Waals surface area contributed by atoms with Gasteiger partial charge in [-0.3, -0.25) is 0 Å². The van der Waals surface area contributed by atoms with Crippen LogP contribution in [0.25, 0.3) is 0 Å². The van der Waals surface area contributed by atoms with Crippen molar-refractivity contribution in [2.24, 2.45) is 5.92 Å². The van der Waals surface area contributed by atoms with Crippen molar-refractivity contribution >= 4 is 0 Å². The smallest absolute Gasteiger partial charge is 0.0698 e. The van der Waals surface area contributed by atoms with E-state index in [0.29, 0.717) is 18.9 Å². The van der Waals surface area contributed by atoms with E-state index in [1.165, 1.54) is 0 Å². The van der Waals surface area contributed by atoms with Crippen LogP contribution < -0.4 is 5.32 Å². The molecule has 1 rings (SSSR count). The van der Waals surface area contributed by atoms with Crippen LogP contribution >= 0.6 is 0 Å². The Kier molecular flexibility index (Phi) is 4.35. The molecule has 0 radical (unpaired) electrons. The number of nitrogens with one attached hydrogen (secondary N) is 1. The van der Waals surface area contributed by atoms with Gasteiger partial charge in [0.05, 0.1) is 11.7 Å². The van der Waals surface area contributed by atoms with Gasteiger partial charge >= 0.3 is 0 Å². The molecule has 0 unspecified atom stereocenters. The fourth-order valence-electron chi connectivity index (χ4n) is 2.01. The quantitative estimate of drug-likeness (QED) is 0.573. The summed E-state index contributed by atoms with van der Waals surface area (Å²) in [4.78, 5) is 0. The number of hydrogen-bond acceptors (Lipinski definition) is 3. The first-order valence-electron chi connectivity index (χ1n) is 5.73. The van der Waals surface area contributed by atoms with Crippen molar-refractivity contribution in [2.45, 2.75) is 51.2 Å². The van der Waals surface area contributed by atoms with Gasteiger partial charge in [-0.25, -0.2) is 0 Å². The van der Waals surface area contributed by atoms with Gasteiger partial charge in [0.15, 0.2) is 0 Å². The molecule has 0 saturated heterocycles. The van der Waals surface area contributed by atoms with Crippen LogP contribution in [-0.4, -0.2) is 35.0 Å². The van der Waals surface area contributed by atoms with Crippen molar-refractivity contribution in [3.63, 3.8) is 0 Å².